The number of Topliss-reactive ketones (excluding diaryl/α,β-unsaturated/α-hetero) is 2. The Bertz CT molecular complexity index is 641. The van der Waals surface area contributed by atoms with Gasteiger partial charge in [-0.25, -0.2) is 0 Å². The van der Waals surface area contributed by atoms with Crippen LogP contribution in [0.3, 0.4) is 0 Å². The second-order valence-electron chi connectivity index (χ2n) is 5.00. The van der Waals surface area contributed by atoms with Crippen LogP contribution in [0, 0.1) is 11.8 Å². The minimum Gasteiger partial charge on any atom is -0.511 e. The van der Waals surface area contributed by atoms with Gasteiger partial charge >= 0.3 is 11.9 Å². The molecule has 0 aromatic rings. The van der Waals surface area contributed by atoms with E-state index in [1.807, 2.05) is 0 Å². The van der Waals surface area contributed by atoms with Crippen molar-refractivity contribution in [1.29, 1.82) is 0 Å². The Kier molecular flexibility index (Phi) is 8.16. The van der Waals surface area contributed by atoms with Crippen molar-refractivity contribution in [2.45, 2.75) is 13.8 Å². The molecular weight excluding hydrogens is 386 g/mol. The van der Waals surface area contributed by atoms with E-state index in [0.717, 1.165) is 12.2 Å². The Morgan fingerprint density at radius 2 is 1.16 bits per heavy atom. The molecule has 0 spiro atoms. The maximum atomic E-state index is 11.0. The number of aliphatic hydroxyl groups is 2. The first-order chi connectivity index (χ1) is 11.0. The fourth-order valence-electron chi connectivity index (χ4n) is 1.92. The van der Waals surface area contributed by atoms with E-state index in [1.54, 1.807) is 0 Å². The van der Waals surface area contributed by atoms with Gasteiger partial charge in [0, 0.05) is 31.6 Å². The Morgan fingerprint density at radius 1 is 0.880 bits per heavy atom. The Labute approximate surface area is 156 Å². The Morgan fingerprint density at radius 3 is 1.36 bits per heavy atom. The van der Waals surface area contributed by atoms with E-state index in [0.29, 0.717) is 0 Å². The van der Waals surface area contributed by atoms with Gasteiger partial charge in [-0.05, 0) is 13.8 Å². The first kappa shape index (κ1) is 22.5. The summed E-state index contributed by atoms with van der Waals surface area (Å²) in [5.74, 6) is -5.27. The molecule has 0 fully saturated rings. The molecule has 130 valence electrons. The molecule has 0 radical (unpaired) electrons. The summed E-state index contributed by atoms with van der Waals surface area (Å²) in [7, 11) is 0. The zero-order valence-corrected chi connectivity index (χ0v) is 16.7. The van der Waals surface area contributed by atoms with Crippen molar-refractivity contribution < 1.29 is 58.3 Å². The first-order valence-electron chi connectivity index (χ1n) is 6.67. The van der Waals surface area contributed by atoms with E-state index in [-0.39, 0.29) is 42.5 Å². The van der Waals surface area contributed by atoms with Gasteiger partial charge in [0.25, 0.3) is 0 Å². The fraction of sp³-hybridized carbons (Fsp3) is 0.250. The molecule has 0 aliphatic carbocycles. The molecule has 2 atom stereocenters. The minimum atomic E-state index is -1.17. The van der Waals surface area contributed by atoms with Crippen molar-refractivity contribution in [3.05, 3.63) is 48.3 Å². The molecule has 25 heavy (non-hydrogen) atoms. The summed E-state index contributed by atoms with van der Waals surface area (Å²) in [6, 6.07) is 0. The molecule has 2 unspecified atom stereocenters. The summed E-state index contributed by atoms with van der Waals surface area (Å²) >= 11 is 0. The molecule has 0 bridgehead atoms. The average Bonchev–Trinajstić information content (AvgIpc) is 2.35. The van der Waals surface area contributed by atoms with Gasteiger partial charge in [0.1, 0.15) is 23.0 Å². The predicted molar refractivity (Wildman–Crippen MR) is 80.2 cm³/mol. The number of aliphatic hydroxyl groups excluding tert-OH is 2. The van der Waals surface area contributed by atoms with Crippen molar-refractivity contribution in [2.24, 2.45) is 11.8 Å². The van der Waals surface area contributed by atoms with Crippen molar-refractivity contribution in [3.63, 3.8) is 0 Å². The second-order valence-corrected chi connectivity index (χ2v) is 5.00. The van der Waals surface area contributed by atoms with E-state index >= 15 is 0 Å². The normalized spacial score (nSPS) is 22.2. The topological polar surface area (TPSA) is 127 Å². The maximum Gasteiger partial charge on any atom is 0.329 e. The van der Waals surface area contributed by atoms with Gasteiger partial charge in [-0.3, -0.25) is 19.2 Å². The predicted octanol–water partition coefficient (Wildman–Crippen LogP) is 1.41. The van der Waals surface area contributed by atoms with Gasteiger partial charge in [-0.15, -0.1) is 0 Å². The summed E-state index contributed by atoms with van der Waals surface area (Å²) in [6.07, 6.45) is 2.32. The quantitative estimate of drug-likeness (QED) is 0.404. The van der Waals surface area contributed by atoms with E-state index in [1.165, 1.54) is 13.8 Å². The third kappa shape index (κ3) is 5.79. The van der Waals surface area contributed by atoms with Crippen LogP contribution in [0.4, 0.5) is 0 Å². The summed E-state index contributed by atoms with van der Waals surface area (Å²) < 4.78 is 9.08. The molecule has 2 aliphatic rings. The van der Waals surface area contributed by atoms with Crippen LogP contribution in [0.2, 0.25) is 0 Å². The number of hydrogen-bond donors (Lipinski definition) is 2. The van der Waals surface area contributed by atoms with Crippen molar-refractivity contribution >= 4 is 23.5 Å². The summed E-state index contributed by atoms with van der Waals surface area (Å²) in [4.78, 5) is 43.5. The van der Waals surface area contributed by atoms with E-state index in [2.05, 4.69) is 22.6 Å². The van der Waals surface area contributed by atoms with Crippen molar-refractivity contribution in [3.8, 4) is 0 Å². The standard InChI is InChI=1S/2C8H8O4.Zn/c2*1-4-3-6(10)7(5(2)9)8(11)12-4;/h2*3,7,10H,1H2,2H3;. The number of rotatable bonds is 2. The van der Waals surface area contributed by atoms with Crippen molar-refractivity contribution in [2.75, 3.05) is 0 Å². The zero-order valence-electron chi connectivity index (χ0n) is 13.8. The molecular formula is C16H16O8Zn. The number of ether oxygens (including phenoxy) is 2. The fourth-order valence-corrected chi connectivity index (χ4v) is 1.92. The van der Waals surface area contributed by atoms with E-state index in [9.17, 15) is 19.2 Å². The number of esters is 2. The van der Waals surface area contributed by atoms with Crippen LogP contribution in [-0.2, 0) is 48.1 Å². The number of cyclic esters (lactones) is 2. The third-order valence-corrected chi connectivity index (χ3v) is 2.96. The van der Waals surface area contributed by atoms with Gasteiger partial charge in [0.15, 0.2) is 23.4 Å². The molecule has 0 saturated carbocycles. The monoisotopic (exact) mass is 400 g/mol. The van der Waals surface area contributed by atoms with Crippen LogP contribution in [0.25, 0.3) is 0 Å². The number of hydrogen-bond acceptors (Lipinski definition) is 8. The van der Waals surface area contributed by atoms with Gasteiger partial charge in [0.2, 0.25) is 0 Å². The molecule has 2 aliphatic heterocycles. The van der Waals surface area contributed by atoms with Crippen molar-refractivity contribution in [1.82, 2.24) is 0 Å². The molecule has 0 aromatic carbocycles. The average molecular weight is 402 g/mol. The summed E-state index contributed by atoms with van der Waals surface area (Å²) in [5.41, 5.74) is 0. The molecule has 0 aromatic heterocycles. The van der Waals surface area contributed by atoms with Crippen LogP contribution >= 0.6 is 0 Å². The number of carbonyl (C=O) groups excluding carboxylic acids is 4. The zero-order chi connectivity index (χ0) is 18.6. The van der Waals surface area contributed by atoms with Gasteiger partial charge < -0.3 is 19.7 Å². The second kappa shape index (κ2) is 9.08. The molecule has 0 amide bonds. The van der Waals surface area contributed by atoms with Crippen LogP contribution in [-0.4, -0.2) is 33.7 Å². The van der Waals surface area contributed by atoms with Crippen LogP contribution < -0.4 is 0 Å². The molecule has 8 nitrogen and oxygen atoms in total. The molecule has 2 N–H and O–H groups in total. The number of carbonyl (C=O) groups is 4. The Balaban J connectivity index is 0.000000443. The molecule has 2 rings (SSSR count). The van der Waals surface area contributed by atoms with Gasteiger partial charge in [-0.1, -0.05) is 13.2 Å². The van der Waals surface area contributed by atoms with E-state index in [4.69, 9.17) is 10.2 Å². The van der Waals surface area contributed by atoms with Gasteiger partial charge in [0.05, 0.1) is 0 Å². The Hall–Kier alpha value is -2.54. The summed E-state index contributed by atoms with van der Waals surface area (Å²) in [5, 5.41) is 18.3. The van der Waals surface area contributed by atoms with Gasteiger partial charge in [-0.2, -0.15) is 0 Å². The smallest absolute Gasteiger partial charge is 0.329 e. The third-order valence-electron chi connectivity index (χ3n) is 2.96. The summed E-state index contributed by atoms with van der Waals surface area (Å²) in [6.45, 7) is 9.06. The van der Waals surface area contributed by atoms with E-state index < -0.39 is 35.3 Å². The SMILES string of the molecule is C=C1C=C(O)C(C(C)=O)C(=O)O1.C=C1C=C(O)C(C(C)=O)C(=O)O1.[Zn]. The van der Waals surface area contributed by atoms with Crippen LogP contribution in [0.5, 0.6) is 0 Å². The maximum absolute atomic E-state index is 11.0. The largest absolute Gasteiger partial charge is 0.511 e. The number of ketones is 2. The molecule has 9 heteroatoms. The molecule has 0 saturated heterocycles. The first-order valence-corrected chi connectivity index (χ1v) is 6.67. The molecule has 2 heterocycles. The number of allylic oxidation sites excluding steroid dienone is 2. The van der Waals surface area contributed by atoms with Crippen LogP contribution in [0.15, 0.2) is 48.3 Å². The minimum absolute atomic E-state index is 0. The van der Waals surface area contributed by atoms with Crippen LogP contribution in [0.1, 0.15) is 13.8 Å².